The van der Waals surface area contributed by atoms with E-state index in [0.29, 0.717) is 27.4 Å². The Hall–Kier alpha value is -4.83. The Morgan fingerprint density at radius 2 is 1.62 bits per heavy atom. The van der Waals surface area contributed by atoms with Gasteiger partial charge >= 0.3 is 5.00 Å². The number of thiophene rings is 1. The average Bonchev–Trinajstić information content (AvgIpc) is 3.37. The Balaban J connectivity index is 1.47. The monoisotopic (exact) mass is 516 g/mol. The van der Waals surface area contributed by atoms with Crippen LogP contribution in [0.5, 0.6) is 0 Å². The summed E-state index contributed by atoms with van der Waals surface area (Å²) in [5, 5.41) is 16.5. The number of nitrogens with two attached hydrogens (primary N) is 1. The van der Waals surface area contributed by atoms with Crippen molar-refractivity contribution in [3.8, 4) is 0 Å². The van der Waals surface area contributed by atoms with Gasteiger partial charge in [0.15, 0.2) is 0 Å². The summed E-state index contributed by atoms with van der Waals surface area (Å²) in [5.41, 5.74) is 8.69. The quantitative estimate of drug-likeness (QED) is 0.124. The van der Waals surface area contributed by atoms with Crippen molar-refractivity contribution in [1.82, 2.24) is 5.32 Å². The fourth-order valence-electron chi connectivity index (χ4n) is 3.43. The van der Waals surface area contributed by atoms with Crippen molar-refractivity contribution in [2.24, 2.45) is 0 Å². The van der Waals surface area contributed by atoms with Gasteiger partial charge in [-0.05, 0) is 59.7 Å². The average molecular weight is 517 g/mol. The molecule has 0 bridgehead atoms. The highest BCUT2D eigenvalue weighted by atomic mass is 32.1. The number of hydrogen-bond acceptors (Lipinski definition) is 6. The number of benzene rings is 3. The van der Waals surface area contributed by atoms with Gasteiger partial charge in [-0.1, -0.05) is 47.7 Å². The smallest absolute Gasteiger partial charge is 0.324 e. The third-order valence-electron chi connectivity index (χ3n) is 5.36. The molecule has 0 saturated carbocycles. The lowest BCUT2D eigenvalue weighted by molar-refractivity contribution is -0.380. The topological polar surface area (TPSA) is 127 Å². The summed E-state index contributed by atoms with van der Waals surface area (Å²) >= 11 is 0.929. The molecule has 0 unspecified atom stereocenters. The van der Waals surface area contributed by atoms with Crippen LogP contribution in [-0.4, -0.2) is 16.7 Å². The Bertz CT molecular complexity index is 1480. The van der Waals surface area contributed by atoms with Crippen LogP contribution in [0, 0.1) is 15.9 Å². The van der Waals surface area contributed by atoms with E-state index in [9.17, 15) is 24.1 Å². The molecule has 0 saturated heterocycles. The Morgan fingerprint density at radius 3 is 2.27 bits per heavy atom. The largest absolute Gasteiger partial charge is 0.397 e. The third-order valence-corrected chi connectivity index (χ3v) is 6.34. The van der Waals surface area contributed by atoms with Crippen molar-refractivity contribution < 1.29 is 18.9 Å². The number of nitrogens with zero attached hydrogens (tertiary/aromatic N) is 1. The zero-order valence-corrected chi connectivity index (χ0v) is 20.1. The number of carbonyl (C=O) groups is 2. The molecule has 4 N–H and O–H groups in total. The van der Waals surface area contributed by atoms with E-state index in [-0.39, 0.29) is 23.0 Å². The van der Waals surface area contributed by atoms with Crippen LogP contribution in [-0.2, 0) is 11.3 Å². The number of nitrogen functional groups attached to an aromatic ring is 1. The second-order valence-corrected chi connectivity index (χ2v) is 9.01. The van der Waals surface area contributed by atoms with Crippen LogP contribution in [0.1, 0.15) is 26.4 Å². The lowest BCUT2D eigenvalue weighted by atomic mass is 10.0. The molecule has 0 aliphatic rings. The molecule has 37 heavy (non-hydrogen) atoms. The predicted molar refractivity (Wildman–Crippen MR) is 142 cm³/mol. The molecule has 0 spiro atoms. The second kappa shape index (κ2) is 11.3. The number of nitrogens with one attached hydrogen (secondary N) is 2. The first-order chi connectivity index (χ1) is 17.8. The molecule has 2 amide bonds. The maximum atomic E-state index is 13.4. The minimum absolute atomic E-state index is 0.0517. The van der Waals surface area contributed by atoms with Gasteiger partial charge in [-0.15, -0.1) is 0 Å². The van der Waals surface area contributed by atoms with Crippen molar-refractivity contribution in [1.29, 1.82) is 0 Å². The molecular formula is C27H21FN4O4S. The minimum atomic E-state index is -0.502. The van der Waals surface area contributed by atoms with Gasteiger partial charge in [-0.2, -0.15) is 0 Å². The van der Waals surface area contributed by atoms with Crippen molar-refractivity contribution >= 4 is 51.2 Å². The van der Waals surface area contributed by atoms with Gasteiger partial charge in [-0.3, -0.25) is 19.7 Å². The van der Waals surface area contributed by atoms with Crippen LogP contribution in [0.15, 0.2) is 84.9 Å². The van der Waals surface area contributed by atoms with Crippen LogP contribution >= 0.6 is 11.3 Å². The molecule has 4 aromatic rings. The third kappa shape index (κ3) is 6.44. The number of rotatable bonds is 8. The van der Waals surface area contributed by atoms with Crippen molar-refractivity contribution in [2.75, 3.05) is 11.1 Å². The normalized spacial score (nSPS) is 11.1. The molecule has 8 nitrogen and oxygen atoms in total. The zero-order chi connectivity index (χ0) is 26.4. The lowest BCUT2D eigenvalue weighted by Crippen LogP contribution is -2.24. The van der Waals surface area contributed by atoms with E-state index in [4.69, 9.17) is 5.73 Å². The summed E-state index contributed by atoms with van der Waals surface area (Å²) in [5.74, 6) is -1.21. The Kier molecular flexibility index (Phi) is 7.70. The predicted octanol–water partition coefficient (Wildman–Crippen LogP) is 5.49. The summed E-state index contributed by atoms with van der Waals surface area (Å²) in [6, 6.07) is 22.0. The molecule has 4 rings (SSSR count). The first kappa shape index (κ1) is 25.3. The molecule has 1 aromatic heterocycles. The molecule has 10 heteroatoms. The molecule has 186 valence electrons. The lowest BCUT2D eigenvalue weighted by Gasteiger charge is -2.11. The van der Waals surface area contributed by atoms with Crippen LogP contribution < -0.4 is 16.4 Å². The van der Waals surface area contributed by atoms with Gasteiger partial charge in [-0.25, -0.2) is 4.39 Å². The van der Waals surface area contributed by atoms with Gasteiger partial charge in [0.05, 0.1) is 16.3 Å². The molecule has 1 heterocycles. The van der Waals surface area contributed by atoms with E-state index < -0.39 is 16.6 Å². The van der Waals surface area contributed by atoms with E-state index >= 15 is 0 Å². The standard InChI is InChI=1S/C27H21FN4O4S/c28-20-11-9-18(10-12-20)22(15-21-13-14-25(37-21)32(35)36)27(34)30-16-17-5-7-19(8-6-17)26(33)31-24-4-2-1-3-23(24)29/h1-15H,16,29H2,(H,30,34)(H,31,33). The molecule has 0 atom stereocenters. The number of para-hydroxylation sites is 2. The number of nitro groups is 1. The number of hydrogen-bond donors (Lipinski definition) is 3. The second-order valence-electron chi connectivity index (χ2n) is 7.92. The van der Waals surface area contributed by atoms with Crippen LogP contribution in [0.4, 0.5) is 20.8 Å². The maximum Gasteiger partial charge on any atom is 0.324 e. The van der Waals surface area contributed by atoms with E-state index in [2.05, 4.69) is 10.6 Å². The molecule has 0 aliphatic heterocycles. The van der Waals surface area contributed by atoms with Crippen LogP contribution in [0.3, 0.4) is 0 Å². The van der Waals surface area contributed by atoms with E-state index in [1.54, 1.807) is 54.6 Å². The number of anilines is 2. The highest BCUT2D eigenvalue weighted by Crippen LogP contribution is 2.28. The Morgan fingerprint density at radius 1 is 0.946 bits per heavy atom. The molecule has 3 aromatic carbocycles. The highest BCUT2D eigenvalue weighted by Gasteiger charge is 2.15. The van der Waals surface area contributed by atoms with Gasteiger partial charge in [0.1, 0.15) is 5.82 Å². The highest BCUT2D eigenvalue weighted by molar-refractivity contribution is 7.16. The SMILES string of the molecule is Nc1ccccc1NC(=O)c1ccc(CNC(=O)C(=Cc2ccc([N+](=O)[O-])s2)c2ccc(F)cc2)cc1. The Labute approximate surface area is 215 Å². The number of carbonyl (C=O) groups excluding carboxylic acids is 2. The fourth-order valence-corrected chi connectivity index (χ4v) is 4.19. The van der Waals surface area contributed by atoms with Gasteiger partial charge < -0.3 is 16.4 Å². The van der Waals surface area contributed by atoms with E-state index in [1.165, 1.54) is 36.4 Å². The minimum Gasteiger partial charge on any atom is -0.397 e. The molecular weight excluding hydrogens is 495 g/mol. The fraction of sp³-hybridized carbons (Fsp3) is 0.0370. The summed E-state index contributed by atoms with van der Waals surface area (Å²) in [6.45, 7) is 0.162. The molecule has 0 aliphatic carbocycles. The molecule has 0 radical (unpaired) electrons. The molecule has 0 fully saturated rings. The maximum absolute atomic E-state index is 13.4. The summed E-state index contributed by atoms with van der Waals surface area (Å²) < 4.78 is 13.4. The van der Waals surface area contributed by atoms with Gasteiger partial charge in [0.2, 0.25) is 0 Å². The van der Waals surface area contributed by atoms with Crippen LogP contribution in [0.2, 0.25) is 0 Å². The van der Waals surface area contributed by atoms with Crippen molar-refractivity contribution in [2.45, 2.75) is 6.54 Å². The first-order valence-electron chi connectivity index (χ1n) is 11.0. The number of halogens is 1. The summed E-state index contributed by atoms with van der Waals surface area (Å²) in [7, 11) is 0. The van der Waals surface area contributed by atoms with Crippen molar-refractivity contribution in [3.63, 3.8) is 0 Å². The van der Waals surface area contributed by atoms with Crippen LogP contribution in [0.25, 0.3) is 11.6 Å². The zero-order valence-electron chi connectivity index (χ0n) is 19.3. The van der Waals surface area contributed by atoms with E-state index in [1.807, 2.05) is 0 Å². The van der Waals surface area contributed by atoms with Crippen molar-refractivity contribution in [3.05, 3.63) is 122 Å². The van der Waals surface area contributed by atoms with Gasteiger partial charge in [0, 0.05) is 28.6 Å². The summed E-state index contributed by atoms with van der Waals surface area (Å²) in [4.78, 5) is 36.6. The van der Waals surface area contributed by atoms with E-state index in [0.717, 1.165) is 16.9 Å². The van der Waals surface area contributed by atoms with Gasteiger partial charge in [0.25, 0.3) is 11.8 Å². The number of amides is 2. The summed E-state index contributed by atoms with van der Waals surface area (Å²) in [6.07, 6.45) is 1.53. The first-order valence-corrected chi connectivity index (χ1v) is 11.9.